The quantitative estimate of drug-likeness (QED) is 0.595. The van der Waals surface area contributed by atoms with Gasteiger partial charge in [-0.1, -0.05) is 23.8 Å². The second-order valence-corrected chi connectivity index (χ2v) is 8.19. The highest BCUT2D eigenvalue weighted by Crippen LogP contribution is 2.32. The van der Waals surface area contributed by atoms with Crippen LogP contribution in [0.25, 0.3) is 0 Å². The molecule has 0 bridgehead atoms. The molecule has 0 amide bonds. The SMILES string of the molecule is Cc1ccc(Nc2nc(N)nc(CN3CCN(c4cccc(C(F)(F)F)c4)CC3)n2)c(C)c1. The van der Waals surface area contributed by atoms with Crippen LogP contribution >= 0.6 is 0 Å². The number of rotatable bonds is 5. The number of benzene rings is 2. The third-order valence-corrected chi connectivity index (χ3v) is 5.60. The van der Waals surface area contributed by atoms with Crippen molar-refractivity contribution in [2.24, 2.45) is 0 Å². The number of aromatic nitrogens is 3. The molecule has 2 aromatic carbocycles. The van der Waals surface area contributed by atoms with E-state index in [0.29, 0.717) is 50.2 Å². The second-order valence-electron chi connectivity index (χ2n) is 8.19. The lowest BCUT2D eigenvalue weighted by Crippen LogP contribution is -2.46. The Hall–Kier alpha value is -3.40. The topological polar surface area (TPSA) is 83.2 Å². The Labute approximate surface area is 190 Å². The van der Waals surface area contributed by atoms with E-state index in [9.17, 15) is 13.2 Å². The number of hydrogen-bond donors (Lipinski definition) is 2. The van der Waals surface area contributed by atoms with E-state index in [1.54, 1.807) is 6.07 Å². The normalized spacial score (nSPS) is 15.0. The molecule has 1 aliphatic rings. The molecule has 33 heavy (non-hydrogen) atoms. The molecule has 2 heterocycles. The molecular weight excluding hydrogens is 431 g/mol. The Morgan fingerprint density at radius 3 is 2.42 bits per heavy atom. The summed E-state index contributed by atoms with van der Waals surface area (Å²) in [5.74, 6) is 1.06. The summed E-state index contributed by atoms with van der Waals surface area (Å²) in [6.07, 6.45) is -4.35. The van der Waals surface area contributed by atoms with Crippen LogP contribution in [0.2, 0.25) is 0 Å². The van der Waals surface area contributed by atoms with Crippen molar-refractivity contribution >= 4 is 23.3 Å². The first-order valence-electron chi connectivity index (χ1n) is 10.7. The summed E-state index contributed by atoms with van der Waals surface area (Å²) < 4.78 is 39.1. The summed E-state index contributed by atoms with van der Waals surface area (Å²) >= 11 is 0. The lowest BCUT2D eigenvalue weighted by Gasteiger charge is -2.36. The van der Waals surface area contributed by atoms with E-state index in [0.717, 1.165) is 22.9 Å². The van der Waals surface area contributed by atoms with Gasteiger partial charge in [-0.25, -0.2) is 0 Å². The molecule has 3 aromatic rings. The minimum Gasteiger partial charge on any atom is -0.369 e. The number of anilines is 4. The van der Waals surface area contributed by atoms with Crippen LogP contribution in [0.15, 0.2) is 42.5 Å². The van der Waals surface area contributed by atoms with Crippen LogP contribution in [-0.4, -0.2) is 46.0 Å². The maximum atomic E-state index is 13.0. The van der Waals surface area contributed by atoms with E-state index in [1.807, 2.05) is 30.9 Å². The minimum absolute atomic E-state index is 0.134. The van der Waals surface area contributed by atoms with Gasteiger partial charge in [0.2, 0.25) is 11.9 Å². The number of nitrogens with two attached hydrogens (primary N) is 1. The molecule has 0 spiro atoms. The van der Waals surface area contributed by atoms with E-state index >= 15 is 0 Å². The zero-order chi connectivity index (χ0) is 23.6. The fourth-order valence-corrected chi connectivity index (χ4v) is 3.88. The number of piperazine rings is 1. The van der Waals surface area contributed by atoms with Gasteiger partial charge in [0.15, 0.2) is 0 Å². The Morgan fingerprint density at radius 2 is 1.73 bits per heavy atom. The lowest BCUT2D eigenvalue weighted by molar-refractivity contribution is -0.137. The van der Waals surface area contributed by atoms with Crippen LogP contribution in [0.1, 0.15) is 22.5 Å². The molecule has 1 fully saturated rings. The van der Waals surface area contributed by atoms with E-state index in [2.05, 4.69) is 31.2 Å². The van der Waals surface area contributed by atoms with Gasteiger partial charge in [-0.05, 0) is 43.7 Å². The van der Waals surface area contributed by atoms with Gasteiger partial charge in [0.25, 0.3) is 0 Å². The average Bonchev–Trinajstić information content (AvgIpc) is 2.75. The number of nitrogen functional groups attached to an aromatic ring is 1. The molecule has 7 nitrogen and oxygen atoms in total. The Balaban J connectivity index is 1.39. The number of nitrogens with zero attached hydrogens (tertiary/aromatic N) is 5. The van der Waals surface area contributed by atoms with Crippen LogP contribution in [0.5, 0.6) is 0 Å². The standard InChI is InChI=1S/C23H26F3N7/c1-15-6-7-19(16(2)12-15)28-22-30-20(29-21(27)31-22)14-32-8-10-33(11-9-32)18-5-3-4-17(13-18)23(24,25)26/h3-7,12-13H,8-11,14H2,1-2H3,(H3,27,28,29,30,31). The molecule has 0 saturated carbocycles. The first-order valence-corrected chi connectivity index (χ1v) is 10.7. The molecular formula is C23H26F3N7. The highest BCUT2D eigenvalue weighted by atomic mass is 19.4. The monoisotopic (exact) mass is 457 g/mol. The van der Waals surface area contributed by atoms with Gasteiger partial charge in [-0.3, -0.25) is 4.90 Å². The largest absolute Gasteiger partial charge is 0.416 e. The number of aryl methyl sites for hydroxylation is 2. The Morgan fingerprint density at radius 1 is 0.970 bits per heavy atom. The zero-order valence-electron chi connectivity index (χ0n) is 18.5. The van der Waals surface area contributed by atoms with Gasteiger partial charge in [-0.15, -0.1) is 0 Å². The summed E-state index contributed by atoms with van der Waals surface area (Å²) in [5.41, 5.74) is 8.98. The van der Waals surface area contributed by atoms with Crippen molar-refractivity contribution in [3.05, 3.63) is 65.0 Å². The van der Waals surface area contributed by atoms with Gasteiger partial charge in [0.05, 0.1) is 12.1 Å². The zero-order valence-corrected chi connectivity index (χ0v) is 18.5. The molecule has 0 unspecified atom stereocenters. The minimum atomic E-state index is -4.35. The smallest absolute Gasteiger partial charge is 0.369 e. The van der Waals surface area contributed by atoms with Crippen LogP contribution < -0.4 is 16.0 Å². The molecule has 0 aliphatic carbocycles. The number of nitrogens with one attached hydrogen (secondary N) is 1. The van der Waals surface area contributed by atoms with Crippen molar-refractivity contribution in [2.45, 2.75) is 26.6 Å². The summed E-state index contributed by atoms with van der Waals surface area (Å²) in [6.45, 7) is 7.06. The van der Waals surface area contributed by atoms with Crippen LogP contribution in [0.3, 0.4) is 0 Å². The first-order chi connectivity index (χ1) is 15.7. The molecule has 1 aliphatic heterocycles. The molecule has 4 rings (SSSR count). The molecule has 1 saturated heterocycles. The van der Waals surface area contributed by atoms with Crippen molar-refractivity contribution in [3.8, 4) is 0 Å². The maximum Gasteiger partial charge on any atom is 0.416 e. The van der Waals surface area contributed by atoms with Gasteiger partial charge < -0.3 is 16.0 Å². The number of hydrogen-bond acceptors (Lipinski definition) is 7. The molecule has 174 valence electrons. The van der Waals surface area contributed by atoms with E-state index < -0.39 is 11.7 Å². The van der Waals surface area contributed by atoms with Crippen molar-refractivity contribution < 1.29 is 13.2 Å². The molecule has 10 heteroatoms. The van der Waals surface area contributed by atoms with Crippen molar-refractivity contribution in [1.82, 2.24) is 19.9 Å². The third kappa shape index (κ3) is 5.70. The van der Waals surface area contributed by atoms with E-state index in [-0.39, 0.29) is 5.95 Å². The first kappa shape index (κ1) is 22.8. The summed E-state index contributed by atoms with van der Waals surface area (Å²) in [4.78, 5) is 17.1. The highest BCUT2D eigenvalue weighted by Gasteiger charge is 2.31. The molecule has 3 N–H and O–H groups in total. The average molecular weight is 458 g/mol. The van der Waals surface area contributed by atoms with Gasteiger partial charge >= 0.3 is 6.18 Å². The summed E-state index contributed by atoms with van der Waals surface area (Å²) in [6, 6.07) is 11.5. The van der Waals surface area contributed by atoms with Crippen molar-refractivity contribution in [3.63, 3.8) is 0 Å². The van der Waals surface area contributed by atoms with E-state index in [1.165, 1.54) is 12.1 Å². The predicted molar refractivity (Wildman–Crippen MR) is 122 cm³/mol. The van der Waals surface area contributed by atoms with Gasteiger partial charge in [0, 0.05) is 37.6 Å². The van der Waals surface area contributed by atoms with E-state index in [4.69, 9.17) is 5.73 Å². The second kappa shape index (κ2) is 9.22. The number of halogens is 3. The van der Waals surface area contributed by atoms with Crippen LogP contribution in [0, 0.1) is 13.8 Å². The lowest BCUT2D eigenvalue weighted by atomic mass is 10.1. The van der Waals surface area contributed by atoms with Crippen LogP contribution in [-0.2, 0) is 12.7 Å². The molecule has 1 aromatic heterocycles. The number of alkyl halides is 3. The fraction of sp³-hybridized carbons (Fsp3) is 0.348. The highest BCUT2D eigenvalue weighted by molar-refractivity contribution is 5.59. The maximum absolute atomic E-state index is 13.0. The van der Waals surface area contributed by atoms with Crippen molar-refractivity contribution in [1.29, 1.82) is 0 Å². The Kier molecular flexibility index (Phi) is 6.37. The van der Waals surface area contributed by atoms with Crippen molar-refractivity contribution in [2.75, 3.05) is 42.1 Å². The molecule has 0 radical (unpaired) electrons. The fourth-order valence-electron chi connectivity index (χ4n) is 3.88. The summed E-state index contributed by atoms with van der Waals surface area (Å²) in [5, 5.41) is 3.20. The van der Waals surface area contributed by atoms with Gasteiger partial charge in [0.1, 0.15) is 5.82 Å². The summed E-state index contributed by atoms with van der Waals surface area (Å²) in [7, 11) is 0. The third-order valence-electron chi connectivity index (χ3n) is 5.60. The predicted octanol–water partition coefficient (Wildman–Crippen LogP) is 4.16. The molecule has 0 atom stereocenters. The van der Waals surface area contributed by atoms with Crippen LogP contribution in [0.4, 0.5) is 36.4 Å². The van der Waals surface area contributed by atoms with Gasteiger partial charge in [-0.2, -0.15) is 28.1 Å². The Bertz CT molecular complexity index is 1130.